The van der Waals surface area contributed by atoms with Crippen molar-refractivity contribution in [3.05, 3.63) is 0 Å². The summed E-state index contributed by atoms with van der Waals surface area (Å²) in [6.45, 7) is 14.4. The summed E-state index contributed by atoms with van der Waals surface area (Å²) in [5, 5.41) is 3.44. The van der Waals surface area contributed by atoms with Gasteiger partial charge in [-0.15, -0.1) is 0 Å². The van der Waals surface area contributed by atoms with Gasteiger partial charge >= 0.3 is 6.09 Å². The minimum absolute atomic E-state index is 0.209. The summed E-state index contributed by atoms with van der Waals surface area (Å²) >= 11 is 0. The molecular formula is C15H32N2O2. The number of nitrogens with zero attached hydrogens (tertiary/aromatic N) is 1. The third kappa shape index (κ3) is 9.77. The van der Waals surface area contributed by atoms with Crippen LogP contribution in [0.1, 0.15) is 60.8 Å². The van der Waals surface area contributed by atoms with E-state index in [0.717, 1.165) is 19.5 Å². The van der Waals surface area contributed by atoms with Crippen LogP contribution in [-0.2, 0) is 4.74 Å². The maximum absolute atomic E-state index is 12.0. The molecule has 0 aromatic carbocycles. The lowest BCUT2D eigenvalue weighted by Gasteiger charge is -2.27. The minimum Gasteiger partial charge on any atom is -0.444 e. The van der Waals surface area contributed by atoms with E-state index in [1.54, 1.807) is 4.90 Å². The van der Waals surface area contributed by atoms with Gasteiger partial charge in [0.1, 0.15) is 5.60 Å². The Morgan fingerprint density at radius 2 is 1.84 bits per heavy atom. The number of ether oxygens (including phenoxy) is 1. The lowest BCUT2D eigenvalue weighted by Crippen LogP contribution is -2.42. The van der Waals surface area contributed by atoms with E-state index < -0.39 is 5.60 Å². The molecule has 0 fully saturated rings. The van der Waals surface area contributed by atoms with Crippen LogP contribution in [0.4, 0.5) is 4.79 Å². The van der Waals surface area contributed by atoms with Crippen LogP contribution in [0, 0.1) is 0 Å². The van der Waals surface area contributed by atoms with Crippen LogP contribution < -0.4 is 5.32 Å². The molecule has 0 aromatic rings. The number of amides is 1. The third-order valence-corrected chi connectivity index (χ3v) is 2.74. The normalized spacial score (nSPS) is 13.2. The summed E-state index contributed by atoms with van der Waals surface area (Å²) in [6, 6.07) is 0.507. The highest BCUT2D eigenvalue weighted by atomic mass is 16.6. The Kier molecular flexibility index (Phi) is 8.81. The topological polar surface area (TPSA) is 41.6 Å². The molecule has 0 aromatic heterocycles. The van der Waals surface area contributed by atoms with Crippen LogP contribution in [0.15, 0.2) is 0 Å². The van der Waals surface area contributed by atoms with Crippen molar-refractivity contribution in [2.45, 2.75) is 72.4 Å². The molecule has 4 heteroatoms. The highest BCUT2D eigenvalue weighted by Gasteiger charge is 2.21. The van der Waals surface area contributed by atoms with Crippen molar-refractivity contribution in [2.75, 3.05) is 19.6 Å². The molecule has 0 bridgehead atoms. The molecule has 0 radical (unpaired) electrons. The van der Waals surface area contributed by atoms with Gasteiger partial charge in [0.15, 0.2) is 0 Å². The van der Waals surface area contributed by atoms with Crippen molar-refractivity contribution in [1.29, 1.82) is 0 Å². The molecule has 0 spiro atoms. The molecule has 1 N–H and O–H groups in total. The molecule has 0 aliphatic rings. The first-order valence-corrected chi connectivity index (χ1v) is 7.51. The lowest BCUT2D eigenvalue weighted by atomic mass is 10.2. The molecule has 0 saturated carbocycles. The van der Waals surface area contributed by atoms with Crippen molar-refractivity contribution >= 4 is 6.09 Å². The zero-order chi connectivity index (χ0) is 14.9. The third-order valence-electron chi connectivity index (χ3n) is 2.74. The molecular weight excluding hydrogens is 240 g/mol. The Hall–Kier alpha value is -0.770. The summed E-state index contributed by atoms with van der Waals surface area (Å²) in [5.74, 6) is 0. The summed E-state index contributed by atoms with van der Waals surface area (Å²) in [6.07, 6.45) is 3.09. The molecule has 1 amide bonds. The Bertz CT molecular complexity index is 249. The first-order valence-electron chi connectivity index (χ1n) is 7.51. The molecule has 1 unspecified atom stereocenters. The van der Waals surface area contributed by atoms with Gasteiger partial charge in [-0.2, -0.15) is 0 Å². The van der Waals surface area contributed by atoms with Crippen LogP contribution in [0.3, 0.4) is 0 Å². The van der Waals surface area contributed by atoms with Crippen LogP contribution in [0.25, 0.3) is 0 Å². The second-order valence-corrected chi connectivity index (χ2v) is 6.11. The average Bonchev–Trinajstić information content (AvgIpc) is 2.26. The highest BCUT2D eigenvalue weighted by Crippen LogP contribution is 2.10. The monoisotopic (exact) mass is 272 g/mol. The fourth-order valence-electron chi connectivity index (χ4n) is 1.87. The summed E-state index contributed by atoms with van der Waals surface area (Å²) in [4.78, 5) is 13.8. The first kappa shape index (κ1) is 18.2. The first-order chi connectivity index (χ1) is 8.80. The summed E-state index contributed by atoms with van der Waals surface area (Å²) in [7, 11) is 0. The Morgan fingerprint density at radius 3 is 2.32 bits per heavy atom. The molecule has 114 valence electrons. The number of rotatable bonds is 8. The molecule has 0 aliphatic carbocycles. The second kappa shape index (κ2) is 9.18. The van der Waals surface area contributed by atoms with E-state index in [-0.39, 0.29) is 6.09 Å². The predicted molar refractivity (Wildman–Crippen MR) is 80.5 cm³/mol. The van der Waals surface area contributed by atoms with Gasteiger partial charge in [-0.05, 0) is 40.5 Å². The van der Waals surface area contributed by atoms with E-state index in [2.05, 4.69) is 26.1 Å². The smallest absolute Gasteiger partial charge is 0.410 e. The van der Waals surface area contributed by atoms with E-state index in [0.29, 0.717) is 12.6 Å². The van der Waals surface area contributed by atoms with E-state index >= 15 is 0 Å². The summed E-state index contributed by atoms with van der Waals surface area (Å²) < 4.78 is 5.42. The molecule has 0 aliphatic heterocycles. The Labute approximate surface area is 118 Å². The van der Waals surface area contributed by atoms with Crippen LogP contribution in [0.5, 0.6) is 0 Å². The molecule has 4 nitrogen and oxygen atoms in total. The molecule has 0 rings (SSSR count). The van der Waals surface area contributed by atoms with Gasteiger partial charge in [-0.25, -0.2) is 4.79 Å². The van der Waals surface area contributed by atoms with Crippen LogP contribution in [0.2, 0.25) is 0 Å². The Balaban J connectivity index is 4.14. The largest absolute Gasteiger partial charge is 0.444 e. The van der Waals surface area contributed by atoms with E-state index in [9.17, 15) is 4.79 Å². The molecule has 0 saturated heterocycles. The van der Waals surface area contributed by atoms with Gasteiger partial charge in [0.05, 0.1) is 0 Å². The van der Waals surface area contributed by atoms with E-state index in [1.807, 2.05) is 20.8 Å². The number of carbonyl (C=O) groups excluding carboxylic acids is 1. The second-order valence-electron chi connectivity index (χ2n) is 6.11. The Morgan fingerprint density at radius 1 is 1.21 bits per heavy atom. The predicted octanol–water partition coefficient (Wildman–Crippen LogP) is 3.41. The molecule has 0 heterocycles. The molecule has 1 atom stereocenters. The fourth-order valence-corrected chi connectivity index (χ4v) is 1.87. The van der Waals surface area contributed by atoms with Crippen molar-refractivity contribution in [3.8, 4) is 0 Å². The lowest BCUT2D eigenvalue weighted by molar-refractivity contribution is 0.0250. The number of nitrogens with one attached hydrogen (secondary N) is 1. The quantitative estimate of drug-likeness (QED) is 0.736. The van der Waals surface area contributed by atoms with Gasteiger partial charge in [0.2, 0.25) is 0 Å². The highest BCUT2D eigenvalue weighted by molar-refractivity contribution is 5.68. The maximum atomic E-state index is 12.0. The van der Waals surface area contributed by atoms with Crippen molar-refractivity contribution in [2.24, 2.45) is 0 Å². The SMILES string of the molecule is CCCC(C)NCCN(CCC)C(=O)OC(C)(C)C. The fraction of sp³-hybridized carbons (Fsp3) is 0.933. The van der Waals surface area contributed by atoms with Gasteiger partial charge in [-0.3, -0.25) is 0 Å². The molecule has 19 heavy (non-hydrogen) atoms. The number of hydrogen-bond donors (Lipinski definition) is 1. The van der Waals surface area contributed by atoms with Gasteiger partial charge in [0, 0.05) is 25.7 Å². The van der Waals surface area contributed by atoms with Crippen LogP contribution >= 0.6 is 0 Å². The van der Waals surface area contributed by atoms with Crippen molar-refractivity contribution < 1.29 is 9.53 Å². The number of hydrogen-bond acceptors (Lipinski definition) is 3. The minimum atomic E-state index is -0.425. The van der Waals surface area contributed by atoms with Gasteiger partial charge < -0.3 is 15.0 Å². The average molecular weight is 272 g/mol. The van der Waals surface area contributed by atoms with E-state index in [1.165, 1.54) is 12.8 Å². The van der Waals surface area contributed by atoms with Crippen molar-refractivity contribution in [1.82, 2.24) is 10.2 Å². The standard InChI is InChI=1S/C15H32N2O2/c1-7-9-13(3)16-10-12-17(11-8-2)14(18)19-15(4,5)6/h13,16H,7-12H2,1-6H3. The van der Waals surface area contributed by atoms with Gasteiger partial charge in [0.25, 0.3) is 0 Å². The van der Waals surface area contributed by atoms with E-state index in [4.69, 9.17) is 4.74 Å². The number of carbonyl (C=O) groups is 1. The zero-order valence-electron chi connectivity index (χ0n) is 13.6. The van der Waals surface area contributed by atoms with Crippen molar-refractivity contribution in [3.63, 3.8) is 0 Å². The summed E-state index contributed by atoms with van der Waals surface area (Å²) in [5.41, 5.74) is -0.425. The maximum Gasteiger partial charge on any atom is 0.410 e. The zero-order valence-corrected chi connectivity index (χ0v) is 13.6. The van der Waals surface area contributed by atoms with Gasteiger partial charge in [-0.1, -0.05) is 20.3 Å². The van der Waals surface area contributed by atoms with Crippen LogP contribution in [-0.4, -0.2) is 42.3 Å².